The Labute approximate surface area is 119 Å². The van der Waals surface area contributed by atoms with Crippen molar-refractivity contribution in [3.63, 3.8) is 0 Å². The van der Waals surface area contributed by atoms with Crippen LogP contribution in [0.15, 0.2) is 23.1 Å². The van der Waals surface area contributed by atoms with Gasteiger partial charge >= 0.3 is 0 Å². The number of nitrogen functional groups attached to an aromatic ring is 1. The van der Waals surface area contributed by atoms with Gasteiger partial charge in [-0.1, -0.05) is 31.4 Å². The zero-order valence-corrected chi connectivity index (χ0v) is 12.5. The molecule has 1 aromatic rings. The number of nitrogens with two attached hydrogens (primary N) is 1. The van der Waals surface area contributed by atoms with Crippen LogP contribution in [0.2, 0.25) is 5.02 Å². The van der Waals surface area contributed by atoms with Crippen molar-refractivity contribution in [3.8, 4) is 0 Å². The molecule has 0 spiro atoms. The Bertz CT molecular complexity index is 560. The fraction of sp³-hybridized carbons (Fsp3) is 0.538. The summed E-state index contributed by atoms with van der Waals surface area (Å²) < 4.78 is 27.0. The summed E-state index contributed by atoms with van der Waals surface area (Å²) in [6, 6.07) is 4.44. The smallest absolute Gasteiger partial charge is 0.242 e. The standard InChI is InChI=1S/C13H19ClN2O2S/c1-9-3-2-4-10(9)8-16-19(17,18)13-6-5-11(15)7-12(13)14/h5-7,9-10,16H,2-4,8,15H2,1H3. The van der Waals surface area contributed by atoms with Crippen molar-refractivity contribution in [1.82, 2.24) is 4.72 Å². The summed E-state index contributed by atoms with van der Waals surface area (Å²) in [7, 11) is -3.56. The van der Waals surface area contributed by atoms with Gasteiger partial charge in [-0.25, -0.2) is 13.1 Å². The molecule has 0 radical (unpaired) electrons. The molecular formula is C13H19ClN2O2S. The molecule has 1 fully saturated rings. The van der Waals surface area contributed by atoms with E-state index < -0.39 is 10.0 Å². The van der Waals surface area contributed by atoms with E-state index in [0.717, 1.165) is 6.42 Å². The number of hydrogen-bond acceptors (Lipinski definition) is 3. The molecular weight excluding hydrogens is 284 g/mol. The Morgan fingerprint density at radius 2 is 2.16 bits per heavy atom. The molecule has 0 bridgehead atoms. The van der Waals surface area contributed by atoms with E-state index in [4.69, 9.17) is 17.3 Å². The number of sulfonamides is 1. The molecule has 2 unspecified atom stereocenters. The Morgan fingerprint density at radius 1 is 1.42 bits per heavy atom. The van der Waals surface area contributed by atoms with Crippen molar-refractivity contribution < 1.29 is 8.42 Å². The van der Waals surface area contributed by atoms with E-state index in [1.807, 2.05) is 0 Å². The van der Waals surface area contributed by atoms with Crippen LogP contribution in [-0.4, -0.2) is 15.0 Å². The van der Waals surface area contributed by atoms with Gasteiger partial charge in [0.15, 0.2) is 0 Å². The highest BCUT2D eigenvalue weighted by Crippen LogP contribution is 2.31. The summed E-state index contributed by atoms with van der Waals surface area (Å²) in [5.74, 6) is 0.993. The highest BCUT2D eigenvalue weighted by molar-refractivity contribution is 7.89. The minimum Gasteiger partial charge on any atom is -0.399 e. The van der Waals surface area contributed by atoms with Crippen LogP contribution in [0.3, 0.4) is 0 Å². The van der Waals surface area contributed by atoms with Gasteiger partial charge in [0.05, 0.1) is 5.02 Å². The molecule has 0 aliphatic heterocycles. The molecule has 3 N–H and O–H groups in total. The molecule has 106 valence electrons. The highest BCUT2D eigenvalue weighted by atomic mass is 35.5. The van der Waals surface area contributed by atoms with Crippen molar-refractivity contribution in [3.05, 3.63) is 23.2 Å². The summed E-state index contributed by atoms with van der Waals surface area (Å²) in [6.07, 6.45) is 3.43. The van der Waals surface area contributed by atoms with Crippen LogP contribution in [0.25, 0.3) is 0 Å². The van der Waals surface area contributed by atoms with Crippen LogP contribution in [0.4, 0.5) is 5.69 Å². The largest absolute Gasteiger partial charge is 0.399 e. The van der Waals surface area contributed by atoms with Crippen LogP contribution < -0.4 is 10.5 Å². The zero-order chi connectivity index (χ0) is 14.0. The van der Waals surface area contributed by atoms with Gasteiger partial charge in [0.1, 0.15) is 4.90 Å². The zero-order valence-electron chi connectivity index (χ0n) is 10.9. The molecule has 19 heavy (non-hydrogen) atoms. The average Bonchev–Trinajstić information content (AvgIpc) is 2.72. The number of benzene rings is 1. The van der Waals surface area contributed by atoms with Gasteiger partial charge in [-0.05, 0) is 36.5 Å². The van der Waals surface area contributed by atoms with E-state index in [0.29, 0.717) is 24.1 Å². The second-order valence-corrected chi connectivity index (χ2v) is 7.35. The normalized spacial score (nSPS) is 23.7. The first-order chi connectivity index (χ1) is 8.90. The quantitative estimate of drug-likeness (QED) is 0.840. The Balaban J connectivity index is 2.09. The number of anilines is 1. The number of hydrogen-bond donors (Lipinski definition) is 2. The van der Waals surface area contributed by atoms with Gasteiger partial charge in [-0.15, -0.1) is 0 Å². The second-order valence-electron chi connectivity index (χ2n) is 5.21. The third-order valence-corrected chi connectivity index (χ3v) is 5.73. The molecule has 0 heterocycles. The van der Waals surface area contributed by atoms with E-state index >= 15 is 0 Å². The molecule has 1 aliphatic rings. The van der Waals surface area contributed by atoms with Crippen molar-refractivity contribution in [2.24, 2.45) is 11.8 Å². The summed E-state index contributed by atoms with van der Waals surface area (Å²) in [4.78, 5) is 0.0917. The van der Waals surface area contributed by atoms with Gasteiger partial charge in [0.25, 0.3) is 0 Å². The lowest BCUT2D eigenvalue weighted by Crippen LogP contribution is -2.30. The van der Waals surface area contributed by atoms with E-state index in [2.05, 4.69) is 11.6 Å². The molecule has 0 amide bonds. The maximum atomic E-state index is 12.2. The lowest BCUT2D eigenvalue weighted by Gasteiger charge is -2.16. The molecule has 6 heteroatoms. The maximum Gasteiger partial charge on any atom is 0.242 e. The molecule has 0 aromatic heterocycles. The fourth-order valence-corrected chi connectivity index (χ4v) is 4.20. The van der Waals surface area contributed by atoms with Crippen LogP contribution in [0, 0.1) is 11.8 Å². The van der Waals surface area contributed by atoms with Crippen molar-refractivity contribution in [2.45, 2.75) is 31.1 Å². The fourth-order valence-electron chi connectivity index (χ4n) is 2.56. The average molecular weight is 303 g/mol. The van der Waals surface area contributed by atoms with E-state index in [1.54, 1.807) is 6.07 Å². The molecule has 1 aliphatic carbocycles. The van der Waals surface area contributed by atoms with Gasteiger partial charge in [0.2, 0.25) is 10.0 Å². The third kappa shape index (κ3) is 3.41. The van der Waals surface area contributed by atoms with E-state index in [-0.39, 0.29) is 9.92 Å². The Morgan fingerprint density at radius 3 is 2.74 bits per heavy atom. The van der Waals surface area contributed by atoms with Crippen LogP contribution in [0.1, 0.15) is 26.2 Å². The first kappa shape index (κ1) is 14.6. The monoisotopic (exact) mass is 302 g/mol. The molecule has 4 nitrogen and oxygen atoms in total. The minimum atomic E-state index is -3.56. The molecule has 1 aromatic carbocycles. The van der Waals surface area contributed by atoms with Crippen LogP contribution in [0.5, 0.6) is 0 Å². The minimum absolute atomic E-state index is 0.0917. The third-order valence-electron chi connectivity index (χ3n) is 3.82. The summed E-state index contributed by atoms with van der Waals surface area (Å²) >= 11 is 5.94. The summed E-state index contributed by atoms with van der Waals surface area (Å²) in [5, 5.41) is 0.159. The van der Waals surface area contributed by atoms with Crippen molar-refractivity contribution in [2.75, 3.05) is 12.3 Å². The first-order valence-electron chi connectivity index (χ1n) is 6.45. The first-order valence-corrected chi connectivity index (χ1v) is 8.31. The predicted molar refractivity (Wildman–Crippen MR) is 77.6 cm³/mol. The number of halogens is 1. The topological polar surface area (TPSA) is 72.2 Å². The molecule has 0 saturated heterocycles. The molecule has 2 rings (SSSR count). The van der Waals surface area contributed by atoms with E-state index in [9.17, 15) is 8.42 Å². The van der Waals surface area contributed by atoms with Crippen LogP contribution in [-0.2, 0) is 10.0 Å². The Hall–Kier alpha value is -0.780. The summed E-state index contributed by atoms with van der Waals surface area (Å²) in [6.45, 7) is 2.65. The van der Waals surface area contributed by atoms with Gasteiger partial charge in [-0.3, -0.25) is 0 Å². The Kier molecular flexibility index (Phi) is 4.38. The number of rotatable bonds is 4. The molecule has 2 atom stereocenters. The lowest BCUT2D eigenvalue weighted by atomic mass is 9.99. The second kappa shape index (κ2) is 5.69. The predicted octanol–water partition coefficient (Wildman–Crippen LogP) is 2.64. The lowest BCUT2D eigenvalue weighted by molar-refractivity contribution is 0.414. The maximum absolute atomic E-state index is 12.2. The summed E-state index contributed by atoms with van der Waals surface area (Å²) in [5.41, 5.74) is 6.02. The number of nitrogens with one attached hydrogen (secondary N) is 1. The van der Waals surface area contributed by atoms with Gasteiger partial charge in [0, 0.05) is 12.2 Å². The van der Waals surface area contributed by atoms with Crippen LogP contribution >= 0.6 is 11.6 Å². The van der Waals surface area contributed by atoms with E-state index in [1.165, 1.54) is 25.0 Å². The van der Waals surface area contributed by atoms with Crippen molar-refractivity contribution >= 4 is 27.3 Å². The van der Waals surface area contributed by atoms with Crippen molar-refractivity contribution in [1.29, 1.82) is 0 Å². The molecule has 1 saturated carbocycles. The highest BCUT2D eigenvalue weighted by Gasteiger charge is 2.26. The van der Waals surface area contributed by atoms with Gasteiger partial charge < -0.3 is 5.73 Å². The SMILES string of the molecule is CC1CCCC1CNS(=O)(=O)c1ccc(N)cc1Cl. The van der Waals surface area contributed by atoms with Gasteiger partial charge in [-0.2, -0.15) is 0 Å².